The number of benzene rings is 3. The van der Waals surface area contributed by atoms with E-state index in [1.54, 1.807) is 0 Å². The van der Waals surface area contributed by atoms with Gasteiger partial charge in [-0.05, 0) is 84.6 Å². The molecule has 5 rings (SSSR count). The highest BCUT2D eigenvalue weighted by atomic mass is 35.5. The van der Waals surface area contributed by atoms with Crippen LogP contribution < -0.4 is 6.15 Å². The van der Waals surface area contributed by atoms with Crippen molar-refractivity contribution >= 4 is 58.0 Å². The third-order valence-corrected chi connectivity index (χ3v) is 9.56. The van der Waals surface area contributed by atoms with Gasteiger partial charge in [-0.3, -0.25) is 4.79 Å². The minimum atomic E-state index is -0.693. The molecule has 1 saturated carbocycles. The molecule has 4 nitrogen and oxygen atoms in total. The third kappa shape index (κ3) is 8.10. The molecule has 0 radical (unpaired) electrons. The van der Waals surface area contributed by atoms with Crippen molar-refractivity contribution in [1.82, 2.24) is 11.1 Å². The summed E-state index contributed by atoms with van der Waals surface area (Å²) >= 11 is 8.08. The second-order valence-electron chi connectivity index (χ2n) is 10.9. The average Bonchev–Trinajstić information content (AvgIpc) is 3.70. The van der Waals surface area contributed by atoms with Gasteiger partial charge in [0, 0.05) is 21.4 Å². The van der Waals surface area contributed by atoms with Crippen molar-refractivity contribution in [3.05, 3.63) is 118 Å². The van der Waals surface area contributed by atoms with E-state index in [9.17, 15) is 9.90 Å². The maximum atomic E-state index is 11.5. The van der Waals surface area contributed by atoms with Crippen molar-refractivity contribution in [3.8, 4) is 0 Å². The van der Waals surface area contributed by atoms with Crippen LogP contribution in [0.25, 0.3) is 28.6 Å². The first-order chi connectivity index (χ1) is 19.3. The number of carbonyl (C=O) groups is 1. The number of fused-ring (bicyclic) bond motifs is 1. The van der Waals surface area contributed by atoms with E-state index in [1.807, 2.05) is 42.1 Å². The fourth-order valence-electron chi connectivity index (χ4n) is 5.18. The van der Waals surface area contributed by atoms with E-state index < -0.39 is 5.97 Å². The van der Waals surface area contributed by atoms with Gasteiger partial charge in [-0.2, -0.15) is 11.8 Å². The molecule has 1 heterocycles. The van der Waals surface area contributed by atoms with Gasteiger partial charge in [0.05, 0.1) is 17.6 Å². The molecule has 0 bridgehead atoms. The summed E-state index contributed by atoms with van der Waals surface area (Å²) < 4.78 is 0. The highest BCUT2D eigenvalue weighted by Crippen LogP contribution is 2.53. The van der Waals surface area contributed by atoms with Crippen LogP contribution in [-0.2, 0) is 11.2 Å². The zero-order chi connectivity index (χ0) is 28.1. The number of hydrogen-bond donors (Lipinski definition) is 2. The summed E-state index contributed by atoms with van der Waals surface area (Å²) in [5.74, 6) is 0.178. The molecule has 4 aromatic rings. The van der Waals surface area contributed by atoms with Gasteiger partial charge < -0.3 is 11.3 Å². The summed E-state index contributed by atoms with van der Waals surface area (Å²) in [6, 6.07) is 27.0. The van der Waals surface area contributed by atoms with Crippen LogP contribution in [0.2, 0.25) is 5.02 Å². The molecule has 4 N–H and O–H groups in total. The largest absolute Gasteiger partial charge is 0.481 e. The molecule has 41 heavy (non-hydrogen) atoms. The third-order valence-electron chi connectivity index (χ3n) is 7.63. The Bertz CT molecular complexity index is 1580. The minimum absolute atomic E-state index is 0. The first kappa shape index (κ1) is 30.6. The number of hydrogen-bond acceptors (Lipinski definition) is 4. The van der Waals surface area contributed by atoms with Crippen molar-refractivity contribution in [2.24, 2.45) is 5.41 Å². The quantitative estimate of drug-likeness (QED) is 0.173. The summed E-state index contributed by atoms with van der Waals surface area (Å²) in [5.41, 5.74) is 7.70. The molecule has 3 aromatic carbocycles. The van der Waals surface area contributed by atoms with Crippen LogP contribution in [-0.4, -0.2) is 21.8 Å². The standard InChI is InChI=1S/C35H34ClNO2S.H3N/c1-24(2)31-9-4-3-7-26(31)13-17-33(40-23-35(18-19-35)22-34(38)39)28-8-5-6-25(20-28)10-15-30-16-12-27-11-14-29(36)21-32(27)37-30;/h3-12,14-16,20-21,33H,1,13,17-19,22-23H2,2H3,(H,38,39);1H3/b15-10+;/t33-;/m1./s1. The van der Waals surface area contributed by atoms with Gasteiger partial charge in [0.2, 0.25) is 0 Å². The van der Waals surface area contributed by atoms with Gasteiger partial charge in [-0.1, -0.05) is 90.5 Å². The Morgan fingerprint density at radius 1 is 1.07 bits per heavy atom. The van der Waals surface area contributed by atoms with E-state index >= 15 is 0 Å². The molecule has 1 aliphatic rings. The molecule has 0 spiro atoms. The lowest BCUT2D eigenvalue weighted by Gasteiger charge is -2.21. The Morgan fingerprint density at radius 2 is 1.85 bits per heavy atom. The Hall–Kier alpha value is -3.38. The second-order valence-corrected chi connectivity index (χ2v) is 12.6. The molecular weight excluding hydrogens is 548 g/mol. The Balaban J connectivity index is 0.00000387. The van der Waals surface area contributed by atoms with Gasteiger partial charge in [0.1, 0.15) is 0 Å². The summed E-state index contributed by atoms with van der Waals surface area (Å²) in [4.78, 5) is 16.2. The Morgan fingerprint density at radius 3 is 2.61 bits per heavy atom. The molecule has 1 aromatic heterocycles. The number of rotatable bonds is 12. The van der Waals surface area contributed by atoms with E-state index in [0.29, 0.717) is 5.02 Å². The van der Waals surface area contributed by atoms with Crippen molar-refractivity contribution in [2.45, 2.75) is 44.3 Å². The van der Waals surface area contributed by atoms with E-state index in [0.717, 1.165) is 59.2 Å². The van der Waals surface area contributed by atoms with Gasteiger partial charge >= 0.3 is 5.97 Å². The molecule has 1 fully saturated rings. The summed E-state index contributed by atoms with van der Waals surface area (Å²) in [6.45, 7) is 6.23. The molecular formula is C35H37ClN2O2S. The molecule has 0 saturated heterocycles. The number of carboxylic acid groups (broad SMARTS) is 1. The first-order valence-electron chi connectivity index (χ1n) is 13.7. The molecule has 0 aliphatic heterocycles. The van der Waals surface area contributed by atoms with E-state index in [-0.39, 0.29) is 23.2 Å². The first-order valence-corrected chi connectivity index (χ1v) is 15.1. The van der Waals surface area contributed by atoms with Crippen LogP contribution in [0.1, 0.15) is 65.8 Å². The molecule has 0 amide bonds. The van der Waals surface area contributed by atoms with E-state index in [4.69, 9.17) is 16.6 Å². The Kier molecular flexibility index (Phi) is 10.1. The summed E-state index contributed by atoms with van der Waals surface area (Å²) in [7, 11) is 0. The number of carboxylic acids is 1. The minimum Gasteiger partial charge on any atom is -0.481 e. The van der Waals surface area contributed by atoms with Gasteiger partial charge in [-0.25, -0.2) is 4.98 Å². The maximum Gasteiger partial charge on any atom is 0.303 e. The fourth-order valence-corrected chi connectivity index (χ4v) is 6.91. The van der Waals surface area contributed by atoms with Crippen LogP contribution in [0.4, 0.5) is 0 Å². The highest BCUT2D eigenvalue weighted by Gasteiger charge is 2.44. The molecule has 212 valence electrons. The SMILES string of the molecule is C=C(C)c1ccccc1CC[C@@H](SCC1(CC(=O)O)CC1)c1cccc(/C=C/c2ccc3ccc(Cl)cc3n2)c1.N. The lowest BCUT2D eigenvalue weighted by Crippen LogP contribution is -2.12. The average molecular weight is 585 g/mol. The lowest BCUT2D eigenvalue weighted by molar-refractivity contribution is -0.138. The van der Waals surface area contributed by atoms with Crippen molar-refractivity contribution in [2.75, 3.05) is 5.75 Å². The topological polar surface area (TPSA) is 85.2 Å². The Labute approximate surface area is 252 Å². The van der Waals surface area contributed by atoms with Crippen molar-refractivity contribution < 1.29 is 9.90 Å². The van der Waals surface area contributed by atoms with E-state index in [2.05, 4.69) is 74.2 Å². The predicted octanol–water partition coefficient (Wildman–Crippen LogP) is 9.92. The number of nitrogens with zero attached hydrogens (tertiary/aromatic N) is 1. The number of halogens is 1. The molecule has 1 atom stereocenters. The van der Waals surface area contributed by atoms with Crippen LogP contribution in [0.15, 0.2) is 85.4 Å². The second kappa shape index (κ2) is 13.5. The van der Waals surface area contributed by atoms with E-state index in [1.165, 1.54) is 16.7 Å². The number of aromatic nitrogens is 1. The van der Waals surface area contributed by atoms with Crippen LogP contribution >= 0.6 is 23.4 Å². The fraction of sp³-hybridized carbons (Fsp3) is 0.257. The van der Waals surface area contributed by atoms with Crippen molar-refractivity contribution in [1.29, 1.82) is 0 Å². The normalized spacial score (nSPS) is 14.5. The number of aliphatic carboxylic acids is 1. The number of pyridine rings is 1. The zero-order valence-corrected chi connectivity index (χ0v) is 25.1. The van der Waals surface area contributed by atoms with Crippen LogP contribution in [0, 0.1) is 5.41 Å². The number of thioether (sulfide) groups is 1. The smallest absolute Gasteiger partial charge is 0.303 e. The summed E-state index contributed by atoms with van der Waals surface area (Å²) in [6.07, 6.45) is 8.32. The lowest BCUT2D eigenvalue weighted by atomic mass is 9.96. The van der Waals surface area contributed by atoms with Crippen LogP contribution in [0.5, 0.6) is 0 Å². The predicted molar refractivity (Wildman–Crippen MR) is 176 cm³/mol. The van der Waals surface area contributed by atoms with Gasteiger partial charge in [-0.15, -0.1) is 0 Å². The zero-order valence-electron chi connectivity index (χ0n) is 23.5. The monoisotopic (exact) mass is 584 g/mol. The number of allylic oxidation sites excluding steroid dienone is 1. The highest BCUT2D eigenvalue weighted by molar-refractivity contribution is 7.99. The summed E-state index contributed by atoms with van der Waals surface area (Å²) in [5, 5.41) is 11.4. The molecule has 0 unspecified atom stereocenters. The maximum absolute atomic E-state index is 11.5. The molecule has 6 heteroatoms. The van der Waals surface area contributed by atoms with Gasteiger partial charge in [0.15, 0.2) is 0 Å². The van der Waals surface area contributed by atoms with Crippen LogP contribution in [0.3, 0.4) is 0 Å². The number of aryl methyl sites for hydroxylation is 1. The molecule has 1 aliphatic carbocycles. The van der Waals surface area contributed by atoms with Crippen molar-refractivity contribution in [3.63, 3.8) is 0 Å². The van der Waals surface area contributed by atoms with Gasteiger partial charge in [0.25, 0.3) is 0 Å².